The maximum Gasteiger partial charge on any atom is 0.0765 e. The third kappa shape index (κ3) is 1.50. The normalized spacial score (nSPS) is 48.5. The standard InChI is InChI=1S/C10H19NO/c1-7-4-3-5-9-6-8(2)12-11-10(7)9/h7-11H,3-6H2,1-2H3. The van der Waals surface area contributed by atoms with Crippen LogP contribution in [-0.2, 0) is 4.84 Å². The zero-order valence-electron chi connectivity index (χ0n) is 8.05. The summed E-state index contributed by atoms with van der Waals surface area (Å²) in [6.45, 7) is 4.49. The van der Waals surface area contributed by atoms with Crippen LogP contribution in [-0.4, -0.2) is 12.1 Å². The molecule has 0 aromatic carbocycles. The highest BCUT2D eigenvalue weighted by atomic mass is 16.7. The Morgan fingerprint density at radius 1 is 1.25 bits per heavy atom. The van der Waals surface area contributed by atoms with Crippen LogP contribution in [0.15, 0.2) is 0 Å². The summed E-state index contributed by atoms with van der Waals surface area (Å²) in [7, 11) is 0. The van der Waals surface area contributed by atoms with Crippen molar-refractivity contribution in [1.82, 2.24) is 5.48 Å². The van der Waals surface area contributed by atoms with Gasteiger partial charge in [-0.15, -0.1) is 0 Å². The summed E-state index contributed by atoms with van der Waals surface area (Å²) in [6.07, 6.45) is 5.84. The molecule has 2 nitrogen and oxygen atoms in total. The second-order valence-corrected chi connectivity index (χ2v) is 4.48. The minimum atomic E-state index is 0.413. The van der Waals surface area contributed by atoms with Gasteiger partial charge in [0.05, 0.1) is 6.10 Å². The maximum atomic E-state index is 5.47. The van der Waals surface area contributed by atoms with Gasteiger partial charge in [0.1, 0.15) is 0 Å². The lowest BCUT2D eigenvalue weighted by Gasteiger charge is -2.42. The van der Waals surface area contributed by atoms with Crippen molar-refractivity contribution in [3.8, 4) is 0 Å². The first-order valence-electron chi connectivity index (χ1n) is 5.18. The van der Waals surface area contributed by atoms with E-state index in [1.165, 1.54) is 25.7 Å². The van der Waals surface area contributed by atoms with E-state index in [4.69, 9.17) is 4.84 Å². The topological polar surface area (TPSA) is 21.3 Å². The minimum absolute atomic E-state index is 0.413. The molecule has 0 aromatic heterocycles. The molecule has 4 unspecified atom stereocenters. The van der Waals surface area contributed by atoms with Crippen molar-refractivity contribution in [2.45, 2.75) is 51.7 Å². The molecule has 0 bridgehead atoms. The van der Waals surface area contributed by atoms with Gasteiger partial charge in [-0.1, -0.05) is 13.3 Å². The van der Waals surface area contributed by atoms with Gasteiger partial charge < -0.3 is 0 Å². The van der Waals surface area contributed by atoms with Crippen LogP contribution in [0.4, 0.5) is 0 Å². The molecule has 2 fully saturated rings. The van der Waals surface area contributed by atoms with E-state index in [2.05, 4.69) is 19.3 Å². The summed E-state index contributed by atoms with van der Waals surface area (Å²) in [4.78, 5) is 5.47. The molecule has 1 saturated carbocycles. The van der Waals surface area contributed by atoms with Crippen molar-refractivity contribution in [3.05, 3.63) is 0 Å². The monoisotopic (exact) mass is 169 g/mol. The third-order valence-electron chi connectivity index (χ3n) is 3.40. The number of hydrogen-bond donors (Lipinski definition) is 1. The Morgan fingerprint density at radius 2 is 2.08 bits per heavy atom. The fourth-order valence-corrected chi connectivity index (χ4v) is 2.67. The molecule has 0 amide bonds. The molecule has 0 aromatic rings. The van der Waals surface area contributed by atoms with Gasteiger partial charge in [-0.3, -0.25) is 4.84 Å². The molecule has 1 aliphatic carbocycles. The number of hydrogen-bond acceptors (Lipinski definition) is 2. The van der Waals surface area contributed by atoms with Crippen molar-refractivity contribution in [3.63, 3.8) is 0 Å². The fourth-order valence-electron chi connectivity index (χ4n) is 2.67. The van der Waals surface area contributed by atoms with E-state index >= 15 is 0 Å². The van der Waals surface area contributed by atoms with Crippen molar-refractivity contribution in [1.29, 1.82) is 0 Å². The lowest BCUT2D eigenvalue weighted by Crippen LogP contribution is -2.50. The molecule has 1 heterocycles. The number of fused-ring (bicyclic) bond motifs is 1. The predicted molar refractivity (Wildman–Crippen MR) is 48.6 cm³/mol. The minimum Gasteiger partial charge on any atom is -0.299 e. The molecule has 12 heavy (non-hydrogen) atoms. The average molecular weight is 169 g/mol. The van der Waals surface area contributed by atoms with Gasteiger partial charge >= 0.3 is 0 Å². The molecular weight excluding hydrogens is 150 g/mol. The quantitative estimate of drug-likeness (QED) is 0.599. The Hall–Kier alpha value is -0.0800. The van der Waals surface area contributed by atoms with Gasteiger partial charge in [-0.25, -0.2) is 0 Å². The van der Waals surface area contributed by atoms with Crippen LogP contribution in [0.2, 0.25) is 0 Å². The maximum absolute atomic E-state index is 5.47. The van der Waals surface area contributed by atoms with E-state index in [0.717, 1.165) is 11.8 Å². The summed E-state index contributed by atoms with van der Waals surface area (Å²) in [5.74, 6) is 1.67. The van der Waals surface area contributed by atoms with E-state index in [1.807, 2.05) is 0 Å². The molecule has 4 atom stereocenters. The first-order valence-corrected chi connectivity index (χ1v) is 5.18. The molecular formula is C10H19NO. The van der Waals surface area contributed by atoms with E-state index in [9.17, 15) is 0 Å². The summed E-state index contributed by atoms with van der Waals surface area (Å²) in [6, 6.07) is 0.634. The molecule has 2 heteroatoms. The molecule has 0 spiro atoms. The van der Waals surface area contributed by atoms with Crippen LogP contribution >= 0.6 is 0 Å². The summed E-state index contributed by atoms with van der Waals surface area (Å²) < 4.78 is 0. The summed E-state index contributed by atoms with van der Waals surface area (Å²) in [5.41, 5.74) is 3.22. The van der Waals surface area contributed by atoms with E-state index in [0.29, 0.717) is 12.1 Å². The van der Waals surface area contributed by atoms with Crippen molar-refractivity contribution in [2.75, 3.05) is 0 Å². The van der Waals surface area contributed by atoms with Crippen molar-refractivity contribution >= 4 is 0 Å². The average Bonchev–Trinajstić information content (AvgIpc) is 2.04. The molecule has 2 aliphatic rings. The van der Waals surface area contributed by atoms with Gasteiger partial charge in [0, 0.05) is 6.04 Å². The Bertz CT molecular complexity index is 160. The molecule has 1 aliphatic heterocycles. The van der Waals surface area contributed by atoms with Crippen molar-refractivity contribution in [2.24, 2.45) is 11.8 Å². The molecule has 0 radical (unpaired) electrons. The van der Waals surface area contributed by atoms with Crippen LogP contribution in [0.1, 0.15) is 39.5 Å². The van der Waals surface area contributed by atoms with Gasteiger partial charge in [0.15, 0.2) is 0 Å². The second-order valence-electron chi connectivity index (χ2n) is 4.48. The van der Waals surface area contributed by atoms with Crippen LogP contribution in [0.3, 0.4) is 0 Å². The van der Waals surface area contributed by atoms with E-state index < -0.39 is 0 Å². The van der Waals surface area contributed by atoms with Crippen LogP contribution in [0, 0.1) is 11.8 Å². The van der Waals surface area contributed by atoms with Gasteiger partial charge in [-0.2, -0.15) is 5.48 Å². The first kappa shape index (κ1) is 8.52. The fraction of sp³-hybridized carbons (Fsp3) is 1.00. The lowest BCUT2D eigenvalue weighted by atomic mass is 9.75. The molecule has 70 valence electrons. The third-order valence-corrected chi connectivity index (χ3v) is 3.40. The summed E-state index contributed by atoms with van der Waals surface area (Å²) in [5, 5.41) is 0. The van der Waals surface area contributed by atoms with Crippen LogP contribution < -0.4 is 5.48 Å². The van der Waals surface area contributed by atoms with Gasteiger partial charge in [0.25, 0.3) is 0 Å². The van der Waals surface area contributed by atoms with Crippen LogP contribution in [0.5, 0.6) is 0 Å². The highest BCUT2D eigenvalue weighted by molar-refractivity contribution is 4.86. The number of rotatable bonds is 0. The molecule has 2 rings (SSSR count). The smallest absolute Gasteiger partial charge is 0.0765 e. The Balaban J connectivity index is 1.99. The Kier molecular flexibility index (Phi) is 2.37. The van der Waals surface area contributed by atoms with Crippen LogP contribution in [0.25, 0.3) is 0 Å². The zero-order chi connectivity index (χ0) is 8.55. The van der Waals surface area contributed by atoms with Crippen molar-refractivity contribution < 1.29 is 4.84 Å². The number of nitrogens with one attached hydrogen (secondary N) is 1. The number of hydroxylamine groups is 1. The van der Waals surface area contributed by atoms with E-state index in [1.54, 1.807) is 0 Å². The summed E-state index contributed by atoms with van der Waals surface area (Å²) >= 11 is 0. The molecule has 1 saturated heterocycles. The largest absolute Gasteiger partial charge is 0.299 e. The predicted octanol–water partition coefficient (Wildman–Crippen LogP) is 2.10. The second kappa shape index (κ2) is 3.35. The Labute approximate surface area is 74.6 Å². The van der Waals surface area contributed by atoms with Gasteiger partial charge in [-0.05, 0) is 38.0 Å². The Morgan fingerprint density at radius 3 is 2.92 bits per heavy atom. The zero-order valence-corrected chi connectivity index (χ0v) is 8.05. The molecule has 1 N–H and O–H groups in total. The SMILES string of the molecule is CC1CC2CCCC(C)C2NO1. The highest BCUT2D eigenvalue weighted by Crippen LogP contribution is 2.34. The lowest BCUT2D eigenvalue weighted by molar-refractivity contribution is -0.116. The van der Waals surface area contributed by atoms with Gasteiger partial charge in [0.2, 0.25) is 0 Å². The van der Waals surface area contributed by atoms with E-state index in [-0.39, 0.29) is 0 Å². The highest BCUT2D eigenvalue weighted by Gasteiger charge is 2.35. The first-order chi connectivity index (χ1) is 5.77.